The first-order chi connectivity index (χ1) is 9.70. The maximum Gasteiger partial charge on any atom is 0.0409 e. The zero-order chi connectivity index (χ0) is 14.4. The molecule has 102 valence electrons. The Hall–Kier alpha value is -2.28. The van der Waals surface area contributed by atoms with Crippen LogP contribution in [0.5, 0.6) is 0 Å². The van der Waals surface area contributed by atoms with Crippen LogP contribution in [0.1, 0.15) is 23.6 Å². The lowest BCUT2D eigenvalue weighted by Crippen LogP contribution is -1.90. The third kappa shape index (κ3) is 3.61. The molecule has 0 unspecified atom stereocenters. The number of aryl methyl sites for hydroxylation is 2. The van der Waals surface area contributed by atoms with Gasteiger partial charge in [0.05, 0.1) is 0 Å². The molecule has 1 nitrogen and oxygen atoms in total. The summed E-state index contributed by atoms with van der Waals surface area (Å²) < 4.78 is 0. The SMILES string of the molecule is C/C=C(\C=C/Nc1ccccc1C)c1ccc(C)cc1. The van der Waals surface area contributed by atoms with Crippen LogP contribution < -0.4 is 5.32 Å². The van der Waals surface area contributed by atoms with Gasteiger partial charge in [0, 0.05) is 11.9 Å². The molecule has 0 bridgehead atoms. The zero-order valence-corrected chi connectivity index (χ0v) is 12.4. The molecule has 0 heterocycles. The molecule has 0 amide bonds. The van der Waals surface area contributed by atoms with Crippen molar-refractivity contribution in [3.63, 3.8) is 0 Å². The van der Waals surface area contributed by atoms with Crippen molar-refractivity contribution in [1.29, 1.82) is 0 Å². The summed E-state index contributed by atoms with van der Waals surface area (Å²) in [6, 6.07) is 16.9. The minimum atomic E-state index is 1.14. The molecule has 0 atom stereocenters. The van der Waals surface area contributed by atoms with Crippen molar-refractivity contribution in [3.8, 4) is 0 Å². The number of allylic oxidation sites excluding steroid dienone is 3. The van der Waals surface area contributed by atoms with Gasteiger partial charge in [-0.25, -0.2) is 0 Å². The molecule has 0 aliphatic rings. The van der Waals surface area contributed by atoms with E-state index in [0.29, 0.717) is 0 Å². The highest BCUT2D eigenvalue weighted by Crippen LogP contribution is 2.18. The van der Waals surface area contributed by atoms with E-state index in [9.17, 15) is 0 Å². The molecule has 0 aliphatic heterocycles. The maximum absolute atomic E-state index is 3.34. The van der Waals surface area contributed by atoms with Crippen LogP contribution in [-0.4, -0.2) is 0 Å². The van der Waals surface area contributed by atoms with Crippen LogP contribution in [0.25, 0.3) is 5.57 Å². The molecule has 2 rings (SSSR count). The zero-order valence-electron chi connectivity index (χ0n) is 12.4. The van der Waals surface area contributed by atoms with E-state index >= 15 is 0 Å². The minimum Gasteiger partial charge on any atom is -0.361 e. The number of hydrogen-bond donors (Lipinski definition) is 1. The number of rotatable bonds is 4. The highest BCUT2D eigenvalue weighted by Gasteiger charge is 1.96. The highest BCUT2D eigenvalue weighted by atomic mass is 14.8. The smallest absolute Gasteiger partial charge is 0.0409 e. The molecule has 1 heteroatoms. The van der Waals surface area contributed by atoms with Gasteiger partial charge >= 0.3 is 0 Å². The first kappa shape index (κ1) is 14.1. The van der Waals surface area contributed by atoms with Gasteiger partial charge in [-0.05, 0) is 49.6 Å². The number of nitrogens with one attached hydrogen (secondary N) is 1. The van der Waals surface area contributed by atoms with Crippen molar-refractivity contribution in [3.05, 3.63) is 83.6 Å². The summed E-state index contributed by atoms with van der Waals surface area (Å²) in [5, 5.41) is 3.34. The quantitative estimate of drug-likeness (QED) is 0.735. The Bertz CT molecular complexity index is 618. The summed E-state index contributed by atoms with van der Waals surface area (Å²) in [7, 11) is 0. The Balaban J connectivity index is 2.09. The van der Waals surface area contributed by atoms with Crippen LogP contribution in [0, 0.1) is 13.8 Å². The predicted octanol–water partition coefficient (Wildman–Crippen LogP) is 5.33. The minimum absolute atomic E-state index is 1.14. The van der Waals surface area contributed by atoms with Gasteiger partial charge in [-0.2, -0.15) is 0 Å². The number of para-hydroxylation sites is 1. The molecule has 2 aromatic rings. The number of benzene rings is 2. The van der Waals surface area contributed by atoms with Crippen molar-refractivity contribution in [2.45, 2.75) is 20.8 Å². The summed E-state index contributed by atoms with van der Waals surface area (Å²) in [5.74, 6) is 0. The topological polar surface area (TPSA) is 12.0 Å². The molecule has 2 aromatic carbocycles. The van der Waals surface area contributed by atoms with E-state index < -0.39 is 0 Å². The number of anilines is 1. The van der Waals surface area contributed by atoms with E-state index in [0.717, 1.165) is 5.69 Å². The summed E-state index contributed by atoms with van der Waals surface area (Å²) in [4.78, 5) is 0. The first-order valence-electron chi connectivity index (χ1n) is 6.93. The van der Waals surface area contributed by atoms with E-state index in [2.05, 4.69) is 74.6 Å². The van der Waals surface area contributed by atoms with Gasteiger partial charge in [0.1, 0.15) is 0 Å². The van der Waals surface area contributed by atoms with Crippen LogP contribution in [0.2, 0.25) is 0 Å². The molecule has 0 saturated heterocycles. The summed E-state index contributed by atoms with van der Waals surface area (Å²) in [6.07, 6.45) is 6.23. The Morgan fingerprint density at radius 3 is 2.30 bits per heavy atom. The van der Waals surface area contributed by atoms with Crippen molar-refractivity contribution < 1.29 is 0 Å². The Morgan fingerprint density at radius 1 is 0.950 bits per heavy atom. The van der Waals surface area contributed by atoms with Crippen molar-refractivity contribution in [1.82, 2.24) is 0 Å². The average Bonchev–Trinajstić information content (AvgIpc) is 2.47. The Morgan fingerprint density at radius 2 is 1.65 bits per heavy atom. The van der Waals surface area contributed by atoms with E-state index in [1.54, 1.807) is 0 Å². The van der Waals surface area contributed by atoms with Gasteiger partial charge in [0.2, 0.25) is 0 Å². The second-order valence-corrected chi connectivity index (χ2v) is 4.90. The third-order valence-electron chi connectivity index (χ3n) is 3.34. The predicted molar refractivity (Wildman–Crippen MR) is 88.8 cm³/mol. The van der Waals surface area contributed by atoms with Crippen LogP contribution >= 0.6 is 0 Å². The maximum atomic E-state index is 3.34. The average molecular weight is 263 g/mol. The lowest BCUT2D eigenvalue weighted by Gasteiger charge is -2.06. The second kappa shape index (κ2) is 6.76. The molecular weight excluding hydrogens is 242 g/mol. The molecule has 1 N–H and O–H groups in total. The molecule has 0 aliphatic carbocycles. The second-order valence-electron chi connectivity index (χ2n) is 4.90. The molecular formula is C19H21N. The molecule has 20 heavy (non-hydrogen) atoms. The molecule has 0 fully saturated rings. The summed E-state index contributed by atoms with van der Waals surface area (Å²) >= 11 is 0. The van der Waals surface area contributed by atoms with Crippen LogP contribution in [-0.2, 0) is 0 Å². The standard InChI is InChI=1S/C19H21N/c1-4-17(18-11-9-15(2)10-12-18)13-14-20-19-8-6-5-7-16(19)3/h4-14,20H,1-3H3/b14-13-,17-4+. The van der Waals surface area contributed by atoms with Crippen LogP contribution in [0.4, 0.5) is 5.69 Å². The largest absolute Gasteiger partial charge is 0.361 e. The lowest BCUT2D eigenvalue weighted by atomic mass is 10.0. The number of hydrogen-bond acceptors (Lipinski definition) is 1. The fourth-order valence-corrected chi connectivity index (χ4v) is 2.06. The highest BCUT2D eigenvalue weighted by molar-refractivity contribution is 5.74. The fourth-order valence-electron chi connectivity index (χ4n) is 2.06. The van der Waals surface area contributed by atoms with Gasteiger partial charge in [0.25, 0.3) is 0 Å². The lowest BCUT2D eigenvalue weighted by molar-refractivity contribution is 1.43. The van der Waals surface area contributed by atoms with Gasteiger partial charge in [-0.15, -0.1) is 0 Å². The first-order valence-corrected chi connectivity index (χ1v) is 6.93. The van der Waals surface area contributed by atoms with E-state index in [4.69, 9.17) is 0 Å². The van der Waals surface area contributed by atoms with Crippen molar-refractivity contribution in [2.24, 2.45) is 0 Å². The normalized spacial score (nSPS) is 11.8. The van der Waals surface area contributed by atoms with E-state index in [1.807, 2.05) is 18.3 Å². The van der Waals surface area contributed by atoms with Crippen molar-refractivity contribution >= 4 is 11.3 Å². The van der Waals surface area contributed by atoms with Gasteiger partial charge in [0.15, 0.2) is 0 Å². The molecule has 0 saturated carbocycles. The van der Waals surface area contributed by atoms with Gasteiger partial charge in [-0.1, -0.05) is 54.1 Å². The van der Waals surface area contributed by atoms with Crippen LogP contribution in [0.3, 0.4) is 0 Å². The van der Waals surface area contributed by atoms with Gasteiger partial charge < -0.3 is 5.32 Å². The molecule has 0 spiro atoms. The summed E-state index contributed by atoms with van der Waals surface area (Å²) in [6.45, 7) is 6.27. The molecule has 0 aromatic heterocycles. The van der Waals surface area contributed by atoms with Crippen molar-refractivity contribution in [2.75, 3.05) is 5.32 Å². The fraction of sp³-hybridized carbons (Fsp3) is 0.158. The Labute approximate surface area is 121 Å². The third-order valence-corrected chi connectivity index (χ3v) is 3.34. The Kier molecular flexibility index (Phi) is 4.78. The molecule has 0 radical (unpaired) electrons. The monoisotopic (exact) mass is 263 g/mol. The van der Waals surface area contributed by atoms with Gasteiger partial charge in [-0.3, -0.25) is 0 Å². The summed E-state index contributed by atoms with van der Waals surface area (Å²) in [5.41, 5.74) is 6.12. The van der Waals surface area contributed by atoms with E-state index in [1.165, 1.54) is 22.3 Å². The van der Waals surface area contributed by atoms with E-state index in [-0.39, 0.29) is 0 Å². The van der Waals surface area contributed by atoms with Crippen LogP contribution in [0.15, 0.2) is 66.9 Å².